The van der Waals surface area contributed by atoms with E-state index in [1.807, 2.05) is 13.8 Å². The van der Waals surface area contributed by atoms with E-state index in [4.69, 9.17) is 4.74 Å². The van der Waals surface area contributed by atoms with Gasteiger partial charge in [0.2, 0.25) is 0 Å². The number of halogens is 5. The highest BCUT2D eigenvalue weighted by atomic mass is 19.4. The molecule has 0 saturated carbocycles. The number of ether oxygens (including phenoxy) is 1. The Morgan fingerprint density at radius 3 is 2.49 bits per heavy atom. The third-order valence-corrected chi connectivity index (χ3v) is 6.94. The van der Waals surface area contributed by atoms with Crippen molar-refractivity contribution in [2.75, 3.05) is 19.7 Å². The molecule has 0 spiro atoms. The van der Waals surface area contributed by atoms with Gasteiger partial charge in [0.1, 0.15) is 11.4 Å². The first-order valence-corrected chi connectivity index (χ1v) is 12.0. The van der Waals surface area contributed by atoms with Crippen molar-refractivity contribution in [2.24, 2.45) is 11.3 Å². The van der Waals surface area contributed by atoms with Crippen molar-refractivity contribution in [3.63, 3.8) is 0 Å². The van der Waals surface area contributed by atoms with Gasteiger partial charge in [-0.25, -0.2) is 4.68 Å². The Labute approximate surface area is 211 Å². The maximum Gasteiger partial charge on any atom is 0.416 e. The number of hydrogen-bond acceptors (Lipinski definition) is 5. The van der Waals surface area contributed by atoms with E-state index < -0.39 is 18.4 Å². The van der Waals surface area contributed by atoms with Gasteiger partial charge in [-0.2, -0.15) is 22.0 Å². The zero-order valence-corrected chi connectivity index (χ0v) is 20.6. The third kappa shape index (κ3) is 6.45. The molecule has 4 rings (SSSR count). The van der Waals surface area contributed by atoms with Crippen molar-refractivity contribution in [1.29, 1.82) is 0 Å². The monoisotopic (exact) mass is 524 g/mol. The van der Waals surface area contributed by atoms with Crippen molar-refractivity contribution in [1.82, 2.24) is 19.9 Å². The summed E-state index contributed by atoms with van der Waals surface area (Å²) in [6, 6.07) is 9.37. The molecule has 0 bridgehead atoms. The summed E-state index contributed by atoms with van der Waals surface area (Å²) >= 11 is 0. The SMILES string of the molecule is CC(C)(CO)[C@H]1CCCN(Cc2ccc(-c3cn(-c4ccc(C(F)(F)F)cc4)nn3)cc2OC(F)F)C1. The Bertz CT molecular complexity index is 1190. The van der Waals surface area contributed by atoms with Gasteiger partial charge in [-0.05, 0) is 61.1 Å². The highest BCUT2D eigenvalue weighted by molar-refractivity contribution is 5.62. The third-order valence-electron chi connectivity index (χ3n) is 6.94. The van der Waals surface area contributed by atoms with Crippen molar-refractivity contribution < 1.29 is 31.8 Å². The number of aliphatic hydroxyl groups excluding tert-OH is 1. The molecule has 3 aromatic rings. The second-order valence-electron chi connectivity index (χ2n) is 10.0. The molecule has 37 heavy (non-hydrogen) atoms. The summed E-state index contributed by atoms with van der Waals surface area (Å²) in [6.45, 7) is 3.09. The van der Waals surface area contributed by atoms with E-state index in [9.17, 15) is 27.1 Å². The zero-order valence-electron chi connectivity index (χ0n) is 20.6. The fourth-order valence-corrected chi connectivity index (χ4v) is 4.58. The number of piperidine rings is 1. The minimum atomic E-state index is -4.45. The first-order chi connectivity index (χ1) is 17.5. The summed E-state index contributed by atoms with van der Waals surface area (Å²) in [7, 11) is 0. The molecular weight excluding hydrogens is 495 g/mol. The lowest BCUT2D eigenvalue weighted by Crippen LogP contribution is -2.42. The molecule has 6 nitrogen and oxygen atoms in total. The summed E-state index contributed by atoms with van der Waals surface area (Å²) in [5.41, 5.74) is 0.799. The van der Waals surface area contributed by atoms with E-state index in [0.29, 0.717) is 29.1 Å². The van der Waals surface area contributed by atoms with E-state index in [1.54, 1.807) is 12.1 Å². The van der Waals surface area contributed by atoms with Crippen LogP contribution in [0.2, 0.25) is 0 Å². The lowest BCUT2D eigenvalue weighted by molar-refractivity contribution is -0.137. The predicted octanol–water partition coefficient (Wildman–Crippen LogP) is 5.79. The molecule has 1 aliphatic rings. The molecule has 2 heterocycles. The molecule has 2 aromatic carbocycles. The summed E-state index contributed by atoms with van der Waals surface area (Å²) in [5, 5.41) is 17.8. The number of hydrogen-bond donors (Lipinski definition) is 1. The van der Waals surface area contributed by atoms with Crippen LogP contribution in [0.4, 0.5) is 22.0 Å². The smallest absolute Gasteiger partial charge is 0.416 e. The fourth-order valence-electron chi connectivity index (χ4n) is 4.58. The Kier molecular flexibility index (Phi) is 7.84. The van der Waals surface area contributed by atoms with Gasteiger partial charge in [0, 0.05) is 30.8 Å². The van der Waals surface area contributed by atoms with Crippen LogP contribution in [0.15, 0.2) is 48.7 Å². The number of rotatable bonds is 8. The van der Waals surface area contributed by atoms with Gasteiger partial charge in [-0.3, -0.25) is 4.90 Å². The molecule has 1 aliphatic heterocycles. The van der Waals surface area contributed by atoms with E-state index >= 15 is 0 Å². The van der Waals surface area contributed by atoms with Crippen LogP contribution in [0, 0.1) is 11.3 Å². The molecule has 1 saturated heterocycles. The zero-order chi connectivity index (χ0) is 26.8. The minimum absolute atomic E-state index is 0.0279. The van der Waals surface area contributed by atoms with Gasteiger partial charge in [-0.15, -0.1) is 5.10 Å². The van der Waals surface area contributed by atoms with Crippen LogP contribution in [-0.2, 0) is 12.7 Å². The Morgan fingerprint density at radius 2 is 1.84 bits per heavy atom. The quantitative estimate of drug-likeness (QED) is 0.378. The van der Waals surface area contributed by atoms with E-state index in [-0.39, 0.29) is 23.7 Å². The summed E-state index contributed by atoms with van der Waals surface area (Å²) in [6.07, 6.45) is -0.989. The molecule has 0 amide bonds. The maximum absolute atomic E-state index is 13.2. The number of benzene rings is 2. The largest absolute Gasteiger partial charge is 0.434 e. The number of alkyl halides is 5. The van der Waals surface area contributed by atoms with E-state index in [2.05, 4.69) is 15.2 Å². The van der Waals surface area contributed by atoms with Gasteiger partial charge in [0.15, 0.2) is 0 Å². The van der Waals surface area contributed by atoms with Crippen molar-refractivity contribution in [3.05, 3.63) is 59.8 Å². The maximum atomic E-state index is 13.2. The first-order valence-electron chi connectivity index (χ1n) is 12.0. The first kappa shape index (κ1) is 27.0. The van der Waals surface area contributed by atoms with Crippen molar-refractivity contribution >= 4 is 0 Å². The van der Waals surface area contributed by atoms with Crippen LogP contribution in [0.5, 0.6) is 5.75 Å². The molecular formula is C26H29F5N4O2. The molecule has 0 radical (unpaired) electrons. The summed E-state index contributed by atoms with van der Waals surface area (Å²) in [4.78, 5) is 2.18. The number of aromatic nitrogens is 3. The van der Waals surface area contributed by atoms with Crippen LogP contribution >= 0.6 is 0 Å². The van der Waals surface area contributed by atoms with Crippen LogP contribution in [0.1, 0.15) is 37.8 Å². The lowest BCUT2D eigenvalue weighted by atomic mass is 9.75. The molecule has 0 unspecified atom stereocenters. The predicted molar refractivity (Wildman–Crippen MR) is 127 cm³/mol. The van der Waals surface area contributed by atoms with E-state index in [0.717, 1.165) is 38.1 Å². The average Bonchev–Trinajstić information content (AvgIpc) is 3.35. The van der Waals surface area contributed by atoms with E-state index in [1.165, 1.54) is 29.1 Å². The molecule has 0 aliphatic carbocycles. The van der Waals surface area contributed by atoms with Gasteiger partial charge >= 0.3 is 12.8 Å². The summed E-state index contributed by atoms with van der Waals surface area (Å²) in [5.74, 6) is 0.311. The van der Waals surface area contributed by atoms with Crippen LogP contribution in [0.3, 0.4) is 0 Å². The number of aliphatic hydroxyl groups is 1. The second-order valence-corrected chi connectivity index (χ2v) is 10.0. The van der Waals surface area contributed by atoms with Crippen LogP contribution in [0.25, 0.3) is 16.9 Å². The minimum Gasteiger partial charge on any atom is -0.434 e. The highest BCUT2D eigenvalue weighted by Crippen LogP contribution is 2.35. The van der Waals surface area contributed by atoms with Gasteiger partial charge in [0.05, 0.1) is 17.4 Å². The number of likely N-dealkylation sites (tertiary alicyclic amines) is 1. The molecule has 200 valence electrons. The second kappa shape index (κ2) is 10.7. The van der Waals surface area contributed by atoms with Crippen molar-refractivity contribution in [2.45, 2.75) is 46.0 Å². The Morgan fingerprint density at radius 1 is 1.11 bits per heavy atom. The fraction of sp³-hybridized carbons (Fsp3) is 0.462. The average molecular weight is 525 g/mol. The highest BCUT2D eigenvalue weighted by Gasteiger charge is 2.33. The lowest BCUT2D eigenvalue weighted by Gasteiger charge is -2.40. The number of nitrogens with zero attached hydrogens (tertiary/aromatic N) is 4. The molecule has 1 aromatic heterocycles. The summed E-state index contributed by atoms with van der Waals surface area (Å²) < 4.78 is 71.1. The van der Waals surface area contributed by atoms with Crippen molar-refractivity contribution in [3.8, 4) is 22.7 Å². The Balaban J connectivity index is 1.54. The van der Waals surface area contributed by atoms with Crippen LogP contribution < -0.4 is 4.74 Å². The van der Waals surface area contributed by atoms with Crippen LogP contribution in [-0.4, -0.2) is 51.3 Å². The van der Waals surface area contributed by atoms with Gasteiger partial charge in [-0.1, -0.05) is 31.2 Å². The van der Waals surface area contributed by atoms with Gasteiger partial charge < -0.3 is 9.84 Å². The standard InChI is InChI=1S/C26H29F5N4O2/c1-25(2,16-36)20-4-3-11-34(14-20)13-18-6-5-17(12-23(18)37-24(27)28)22-15-35(33-32-22)21-9-7-19(8-10-21)26(29,30)31/h5-10,12,15,20,24,36H,3-4,11,13-14,16H2,1-2H3/t20-/m0/s1. The molecule has 11 heteroatoms. The molecule has 1 atom stereocenters. The van der Waals surface area contributed by atoms with Gasteiger partial charge in [0.25, 0.3) is 0 Å². The topological polar surface area (TPSA) is 63.4 Å². The Hall–Kier alpha value is -3.05. The molecule has 1 fully saturated rings. The normalized spacial score (nSPS) is 17.4. The molecule has 1 N–H and O–H groups in total.